The number of halogens is 12. The van der Waals surface area contributed by atoms with Crippen molar-refractivity contribution in [1.29, 1.82) is 0 Å². The Labute approximate surface area is 236 Å². The number of anilines is 2. The Bertz CT molecular complexity index is 1510. The summed E-state index contributed by atoms with van der Waals surface area (Å²) in [7, 11) is 0. The van der Waals surface area contributed by atoms with E-state index in [4.69, 9.17) is 0 Å². The Morgan fingerprint density at radius 2 is 1.43 bits per heavy atom. The van der Waals surface area contributed by atoms with Crippen LogP contribution >= 0.6 is 15.9 Å². The molecule has 3 rings (SSSR count). The second-order valence-corrected chi connectivity index (χ2v) is 9.25. The smallest absolute Gasteiger partial charge is 0.433 e. The summed E-state index contributed by atoms with van der Waals surface area (Å²) >= 11 is 2.50. The quantitative estimate of drug-likeness (QED) is 0.247. The highest BCUT2D eigenvalue weighted by molar-refractivity contribution is 9.10. The lowest BCUT2D eigenvalue weighted by atomic mass is 9.93. The van der Waals surface area contributed by atoms with Gasteiger partial charge in [0.2, 0.25) is 0 Å². The first-order chi connectivity index (χ1) is 19.3. The van der Waals surface area contributed by atoms with Crippen molar-refractivity contribution in [2.24, 2.45) is 0 Å². The Morgan fingerprint density at radius 1 is 0.833 bits per heavy atom. The van der Waals surface area contributed by atoms with E-state index >= 15 is 4.39 Å². The highest BCUT2D eigenvalue weighted by Crippen LogP contribution is 2.55. The summed E-state index contributed by atoms with van der Waals surface area (Å²) in [6, 6.07) is 5.56. The van der Waals surface area contributed by atoms with Gasteiger partial charge in [-0.15, -0.1) is 0 Å². The van der Waals surface area contributed by atoms with Crippen LogP contribution < -0.4 is 15.4 Å². The summed E-state index contributed by atoms with van der Waals surface area (Å²) in [6.45, 7) is -2.49. The molecule has 0 spiro atoms. The number of benzene rings is 3. The van der Waals surface area contributed by atoms with Gasteiger partial charge < -0.3 is 15.4 Å². The van der Waals surface area contributed by atoms with Gasteiger partial charge in [0.25, 0.3) is 11.8 Å². The lowest BCUT2D eigenvalue weighted by Crippen LogP contribution is -2.50. The lowest BCUT2D eigenvalue weighted by molar-refractivity contribution is -0.348. The number of amides is 2. The molecular weight excluding hydrogens is 665 g/mol. The molecule has 0 bridgehead atoms. The summed E-state index contributed by atoms with van der Waals surface area (Å²) in [6.07, 6.45) is -13.2. The highest BCUT2D eigenvalue weighted by atomic mass is 79.9. The second kappa shape index (κ2) is 11.8. The number of alkyl halides is 9. The zero-order valence-electron chi connectivity index (χ0n) is 20.5. The van der Waals surface area contributed by atoms with Crippen molar-refractivity contribution in [3.63, 3.8) is 0 Å². The number of carbonyl (C=O) groups is 2. The molecule has 2 N–H and O–H groups in total. The summed E-state index contributed by atoms with van der Waals surface area (Å²) < 4.78 is 151. The first-order valence-electron chi connectivity index (χ1n) is 11.1. The Balaban J connectivity index is 2.01. The van der Waals surface area contributed by atoms with Gasteiger partial charge >= 0.3 is 24.6 Å². The van der Waals surface area contributed by atoms with E-state index in [9.17, 15) is 53.5 Å². The molecule has 0 radical (unpaired) electrons. The first-order valence-corrected chi connectivity index (χ1v) is 11.9. The maximum atomic E-state index is 15.2. The minimum Gasteiger partial charge on any atom is -0.433 e. The average Bonchev–Trinajstić information content (AvgIpc) is 2.84. The molecule has 0 fully saturated rings. The Hall–Kier alpha value is -3.89. The zero-order chi connectivity index (χ0) is 31.8. The van der Waals surface area contributed by atoms with Crippen LogP contribution in [0.2, 0.25) is 0 Å². The molecule has 2 amide bonds. The third kappa shape index (κ3) is 6.44. The summed E-state index contributed by atoms with van der Waals surface area (Å²) in [5.74, 6) is -6.00. The van der Waals surface area contributed by atoms with Gasteiger partial charge in [-0.2, -0.15) is 35.1 Å². The molecule has 0 aliphatic carbocycles. The van der Waals surface area contributed by atoms with Gasteiger partial charge in [0, 0.05) is 15.6 Å². The SMILES string of the molecule is Cc1cc(F)ccc1C(=O)Nc1cccc(C(=O)Nc2c(Br)cc(C(F)(C(F)(F)F)C(F)(F)F)cc2OC(F)F)c1F. The number of ether oxygens (including phenoxy) is 1. The molecule has 0 saturated carbocycles. The molecule has 0 unspecified atom stereocenters. The van der Waals surface area contributed by atoms with Crippen molar-refractivity contribution in [3.05, 3.63) is 86.9 Å². The van der Waals surface area contributed by atoms with E-state index in [1.54, 1.807) is 5.32 Å². The minimum atomic E-state index is -6.60. The largest absolute Gasteiger partial charge is 0.435 e. The van der Waals surface area contributed by atoms with Crippen molar-refractivity contribution in [2.75, 3.05) is 10.6 Å². The monoisotopic (exact) mass is 678 g/mol. The normalized spacial score (nSPS) is 12.3. The number of nitrogens with one attached hydrogen (secondary N) is 2. The molecular formula is C25H14BrF11N2O3. The molecule has 42 heavy (non-hydrogen) atoms. The third-order valence-corrected chi connectivity index (χ3v) is 6.24. The van der Waals surface area contributed by atoms with E-state index in [2.05, 4.69) is 26.0 Å². The maximum absolute atomic E-state index is 15.2. The van der Waals surface area contributed by atoms with Gasteiger partial charge in [-0.05, 0) is 70.9 Å². The van der Waals surface area contributed by atoms with Crippen molar-refractivity contribution < 1.29 is 62.6 Å². The van der Waals surface area contributed by atoms with Gasteiger partial charge in [-0.25, -0.2) is 13.2 Å². The van der Waals surface area contributed by atoms with Gasteiger partial charge in [-0.3, -0.25) is 9.59 Å². The number of carbonyl (C=O) groups excluding carboxylic acids is 2. The molecule has 17 heteroatoms. The van der Waals surface area contributed by atoms with Gasteiger partial charge in [-0.1, -0.05) is 6.07 Å². The van der Waals surface area contributed by atoms with Gasteiger partial charge in [0.05, 0.1) is 16.9 Å². The molecule has 0 atom stereocenters. The fourth-order valence-electron chi connectivity index (χ4n) is 3.63. The number of hydrogen-bond acceptors (Lipinski definition) is 3. The first kappa shape index (κ1) is 32.6. The van der Waals surface area contributed by atoms with Crippen molar-refractivity contribution in [3.8, 4) is 5.75 Å². The van der Waals surface area contributed by atoms with Crippen molar-refractivity contribution in [2.45, 2.75) is 31.6 Å². The molecule has 3 aromatic carbocycles. The van der Waals surface area contributed by atoms with Gasteiger partial charge in [0.1, 0.15) is 5.82 Å². The number of aryl methyl sites for hydroxylation is 1. The molecule has 5 nitrogen and oxygen atoms in total. The van der Waals surface area contributed by atoms with Crippen LogP contribution in [0.5, 0.6) is 5.75 Å². The summed E-state index contributed by atoms with van der Waals surface area (Å²) in [5, 5.41) is 3.94. The third-order valence-electron chi connectivity index (χ3n) is 5.61. The number of rotatable bonds is 7. The molecule has 0 heterocycles. The molecule has 0 aromatic heterocycles. The second-order valence-electron chi connectivity index (χ2n) is 8.40. The Kier molecular flexibility index (Phi) is 9.14. The fraction of sp³-hybridized carbons (Fsp3) is 0.200. The molecule has 226 valence electrons. The van der Waals surface area contributed by atoms with Crippen LogP contribution in [0, 0.1) is 18.6 Å². The van der Waals surface area contributed by atoms with Crippen molar-refractivity contribution in [1.82, 2.24) is 0 Å². The molecule has 0 aliphatic rings. The zero-order valence-corrected chi connectivity index (χ0v) is 22.0. The Morgan fingerprint density at radius 3 is 1.98 bits per heavy atom. The van der Waals surface area contributed by atoms with E-state index < -0.39 is 80.8 Å². The van der Waals surface area contributed by atoms with Crippen LogP contribution in [-0.4, -0.2) is 30.8 Å². The van der Waals surface area contributed by atoms with Gasteiger partial charge in [0.15, 0.2) is 11.6 Å². The van der Waals surface area contributed by atoms with Crippen LogP contribution in [0.1, 0.15) is 31.8 Å². The fourth-order valence-corrected chi connectivity index (χ4v) is 4.18. The standard InChI is InChI=1S/C25H14BrF11N2O3/c1-10-7-12(27)5-6-13(10)20(40)38-16-4-2-3-14(18(16)28)21(41)39-19-15(26)8-11(9-17(19)42-22(29)30)23(31,24(32,33)34)25(35,36)37/h2-9,22H,1H3,(H,38,40)(H,39,41). The lowest BCUT2D eigenvalue weighted by Gasteiger charge is -2.31. The summed E-state index contributed by atoms with van der Waals surface area (Å²) in [5.41, 5.74) is -10.6. The maximum Gasteiger partial charge on any atom is 0.435 e. The van der Waals surface area contributed by atoms with E-state index in [-0.39, 0.29) is 23.3 Å². The van der Waals surface area contributed by atoms with Crippen LogP contribution in [0.15, 0.2) is 53.0 Å². The van der Waals surface area contributed by atoms with Crippen LogP contribution in [0.25, 0.3) is 0 Å². The van der Waals surface area contributed by atoms with Crippen LogP contribution in [0.3, 0.4) is 0 Å². The molecule has 0 aliphatic heterocycles. The predicted molar refractivity (Wildman–Crippen MR) is 129 cm³/mol. The van der Waals surface area contributed by atoms with E-state index in [1.807, 2.05) is 0 Å². The summed E-state index contributed by atoms with van der Waals surface area (Å²) in [4.78, 5) is 25.4. The van der Waals surface area contributed by atoms with Crippen LogP contribution in [0.4, 0.5) is 59.7 Å². The minimum absolute atomic E-state index is 0.0647. The predicted octanol–water partition coefficient (Wildman–Crippen LogP) is 8.43. The van der Waals surface area contributed by atoms with E-state index in [1.165, 1.54) is 6.92 Å². The highest BCUT2D eigenvalue weighted by Gasteiger charge is 2.73. The van der Waals surface area contributed by atoms with E-state index in [0.717, 1.165) is 36.4 Å². The van der Waals surface area contributed by atoms with Crippen molar-refractivity contribution >= 4 is 39.1 Å². The van der Waals surface area contributed by atoms with Crippen LogP contribution in [-0.2, 0) is 5.67 Å². The topological polar surface area (TPSA) is 67.4 Å². The van der Waals surface area contributed by atoms with E-state index in [0.29, 0.717) is 0 Å². The molecule has 3 aromatic rings. The average molecular weight is 679 g/mol. The number of hydrogen-bond donors (Lipinski definition) is 2. The molecule has 0 saturated heterocycles.